The standard InChI is InChI=1S/C6H11BS/c1-8-6-4-2-3-5(6)7/h6-7H,2-4H2,1H3/t6-/m1/s1. The summed E-state index contributed by atoms with van der Waals surface area (Å²) in [7, 11) is 3.99. The van der Waals surface area contributed by atoms with Gasteiger partial charge in [0.15, 0.2) is 0 Å². The average molecular weight is 126 g/mol. The molecule has 0 aliphatic heterocycles. The van der Waals surface area contributed by atoms with Crippen molar-refractivity contribution in [2.75, 3.05) is 6.26 Å². The first-order chi connectivity index (χ1) is 3.84. The Hall–Kier alpha value is 0.285. The summed E-state index contributed by atoms with van der Waals surface area (Å²) >= 11 is 1.94. The molecular formula is C6H11BS. The fourth-order valence-corrected chi connectivity index (χ4v) is 2.02. The second-order valence-corrected chi connectivity index (χ2v) is 3.32. The molecule has 2 heteroatoms. The SMILES string of the molecule is B=C1CCC[C@H]1SC. The van der Waals surface area contributed by atoms with Crippen molar-refractivity contribution in [3.05, 3.63) is 0 Å². The average Bonchev–Trinajstić information content (AvgIpc) is 2.14. The number of rotatable bonds is 1. The van der Waals surface area contributed by atoms with Gasteiger partial charge in [-0.05, 0) is 0 Å². The Morgan fingerprint density at radius 3 is 2.75 bits per heavy atom. The van der Waals surface area contributed by atoms with Gasteiger partial charge in [0.1, 0.15) is 0 Å². The van der Waals surface area contributed by atoms with Crippen LogP contribution in [0.2, 0.25) is 0 Å². The van der Waals surface area contributed by atoms with E-state index in [0.29, 0.717) is 0 Å². The number of hydrogen-bond donors (Lipinski definition) is 0. The van der Waals surface area contributed by atoms with E-state index in [0.717, 1.165) is 5.25 Å². The van der Waals surface area contributed by atoms with Crippen LogP contribution in [0.3, 0.4) is 0 Å². The molecule has 1 saturated carbocycles. The first kappa shape index (κ1) is 6.41. The number of thioether (sulfide) groups is 1. The Morgan fingerprint density at radius 1 is 1.75 bits per heavy atom. The van der Waals surface area contributed by atoms with Crippen molar-refractivity contribution >= 4 is 24.7 Å². The van der Waals surface area contributed by atoms with E-state index < -0.39 is 0 Å². The van der Waals surface area contributed by atoms with E-state index in [-0.39, 0.29) is 0 Å². The first-order valence-corrected chi connectivity index (χ1v) is 4.34. The van der Waals surface area contributed by atoms with Crippen LogP contribution >= 0.6 is 11.8 Å². The van der Waals surface area contributed by atoms with Crippen molar-refractivity contribution in [3.63, 3.8) is 0 Å². The Labute approximate surface area is 56.1 Å². The van der Waals surface area contributed by atoms with Crippen LogP contribution in [-0.4, -0.2) is 24.5 Å². The normalized spacial score (nSPS) is 29.0. The fourth-order valence-electron chi connectivity index (χ4n) is 1.16. The summed E-state index contributed by atoms with van der Waals surface area (Å²) < 4.78 is 0. The Morgan fingerprint density at radius 2 is 2.50 bits per heavy atom. The molecule has 0 aromatic carbocycles. The minimum atomic E-state index is 0.787. The predicted molar refractivity (Wildman–Crippen MR) is 43.3 cm³/mol. The molecule has 0 aromatic heterocycles. The van der Waals surface area contributed by atoms with Crippen molar-refractivity contribution in [2.45, 2.75) is 24.5 Å². The van der Waals surface area contributed by atoms with Crippen molar-refractivity contribution in [3.8, 4) is 0 Å². The van der Waals surface area contributed by atoms with Gasteiger partial charge in [-0.1, -0.05) is 0 Å². The second kappa shape index (κ2) is 2.72. The zero-order valence-corrected chi connectivity index (χ0v) is 6.13. The van der Waals surface area contributed by atoms with Gasteiger partial charge in [0.2, 0.25) is 0 Å². The molecule has 0 unspecified atom stereocenters. The molecule has 1 aliphatic carbocycles. The van der Waals surface area contributed by atoms with Gasteiger partial charge in [-0.15, -0.1) is 0 Å². The molecule has 1 atom stereocenters. The molecular weight excluding hydrogens is 115 g/mol. The topological polar surface area (TPSA) is 0 Å². The zero-order valence-electron chi connectivity index (χ0n) is 5.31. The molecule has 0 nitrogen and oxygen atoms in total. The quantitative estimate of drug-likeness (QED) is 0.472. The summed E-state index contributed by atoms with van der Waals surface area (Å²) in [5.41, 5.74) is 1.46. The van der Waals surface area contributed by atoms with E-state index in [2.05, 4.69) is 13.7 Å². The summed E-state index contributed by atoms with van der Waals surface area (Å²) in [6, 6.07) is 0. The van der Waals surface area contributed by atoms with Gasteiger partial charge < -0.3 is 0 Å². The maximum atomic E-state index is 3.99. The van der Waals surface area contributed by atoms with Gasteiger partial charge in [0.05, 0.1) is 0 Å². The molecule has 44 valence electrons. The van der Waals surface area contributed by atoms with Crippen LogP contribution in [-0.2, 0) is 0 Å². The summed E-state index contributed by atoms with van der Waals surface area (Å²) in [5.74, 6) is 0. The molecule has 0 bridgehead atoms. The van der Waals surface area contributed by atoms with Crippen molar-refractivity contribution in [1.29, 1.82) is 0 Å². The Kier molecular flexibility index (Phi) is 2.18. The van der Waals surface area contributed by atoms with Crippen LogP contribution in [0.25, 0.3) is 0 Å². The van der Waals surface area contributed by atoms with Gasteiger partial charge in [-0.3, -0.25) is 0 Å². The van der Waals surface area contributed by atoms with Crippen molar-refractivity contribution in [1.82, 2.24) is 0 Å². The molecule has 0 N–H and O–H groups in total. The van der Waals surface area contributed by atoms with Crippen LogP contribution in [0.5, 0.6) is 0 Å². The first-order valence-electron chi connectivity index (χ1n) is 3.05. The molecule has 0 radical (unpaired) electrons. The summed E-state index contributed by atoms with van der Waals surface area (Å²) in [4.78, 5) is 0. The fraction of sp³-hybridized carbons (Fsp3) is 0.833. The van der Waals surface area contributed by atoms with E-state index in [1.54, 1.807) is 0 Å². The molecule has 0 spiro atoms. The van der Waals surface area contributed by atoms with Crippen molar-refractivity contribution in [2.24, 2.45) is 0 Å². The Bertz CT molecular complexity index is 101. The summed E-state index contributed by atoms with van der Waals surface area (Å²) in [6.07, 6.45) is 6.16. The summed E-state index contributed by atoms with van der Waals surface area (Å²) in [5, 5.41) is 0.787. The third-order valence-corrected chi connectivity index (χ3v) is 2.84. The maximum absolute atomic E-state index is 3.99. The van der Waals surface area contributed by atoms with Gasteiger partial charge in [-0.2, -0.15) is 0 Å². The van der Waals surface area contributed by atoms with Crippen molar-refractivity contribution < 1.29 is 0 Å². The van der Waals surface area contributed by atoms with E-state index in [1.165, 1.54) is 24.7 Å². The zero-order chi connectivity index (χ0) is 5.98. The van der Waals surface area contributed by atoms with Crippen LogP contribution in [0, 0.1) is 0 Å². The van der Waals surface area contributed by atoms with Gasteiger partial charge >= 0.3 is 55.5 Å². The van der Waals surface area contributed by atoms with Crippen LogP contribution in [0.1, 0.15) is 19.3 Å². The molecule has 1 aliphatic rings. The van der Waals surface area contributed by atoms with E-state index in [1.807, 2.05) is 11.8 Å². The van der Waals surface area contributed by atoms with Gasteiger partial charge in [-0.25, -0.2) is 0 Å². The predicted octanol–water partition coefficient (Wildman–Crippen LogP) is 0.975. The monoisotopic (exact) mass is 126 g/mol. The summed E-state index contributed by atoms with van der Waals surface area (Å²) in [6.45, 7) is 0. The van der Waals surface area contributed by atoms with Crippen LogP contribution in [0.4, 0.5) is 0 Å². The molecule has 0 aromatic rings. The van der Waals surface area contributed by atoms with Gasteiger partial charge in [0, 0.05) is 0 Å². The molecule has 1 fully saturated rings. The molecule has 0 amide bonds. The van der Waals surface area contributed by atoms with Gasteiger partial charge in [0.25, 0.3) is 0 Å². The molecule has 0 saturated heterocycles. The third-order valence-electron chi connectivity index (χ3n) is 1.70. The molecule has 0 heterocycles. The minimum absolute atomic E-state index is 0.787. The van der Waals surface area contributed by atoms with Crippen LogP contribution in [0.15, 0.2) is 0 Å². The van der Waals surface area contributed by atoms with Crippen LogP contribution < -0.4 is 0 Å². The molecule has 8 heavy (non-hydrogen) atoms. The van der Waals surface area contributed by atoms with E-state index >= 15 is 0 Å². The second-order valence-electron chi connectivity index (χ2n) is 2.27. The van der Waals surface area contributed by atoms with E-state index in [9.17, 15) is 0 Å². The molecule has 1 rings (SSSR count). The Balaban J connectivity index is 2.42. The van der Waals surface area contributed by atoms with E-state index in [4.69, 9.17) is 0 Å². The third kappa shape index (κ3) is 1.16. The number of hydrogen-bond acceptors (Lipinski definition) is 1.